The van der Waals surface area contributed by atoms with Gasteiger partial charge in [0.2, 0.25) is 0 Å². The Morgan fingerprint density at radius 3 is 2.27 bits per heavy atom. The van der Waals surface area contributed by atoms with Gasteiger partial charge in [0.25, 0.3) is 0 Å². The van der Waals surface area contributed by atoms with Crippen molar-refractivity contribution in [2.75, 3.05) is 6.54 Å². The molecule has 0 radical (unpaired) electrons. The summed E-state index contributed by atoms with van der Waals surface area (Å²) in [7, 11) is 0. The molecule has 15 heavy (non-hydrogen) atoms. The van der Waals surface area contributed by atoms with Gasteiger partial charge < -0.3 is 10.5 Å². The minimum absolute atomic E-state index is 0. The number of esters is 1. The van der Waals surface area contributed by atoms with E-state index in [1.165, 1.54) is 5.56 Å². The Morgan fingerprint density at radius 1 is 1.33 bits per heavy atom. The van der Waals surface area contributed by atoms with Gasteiger partial charge in [0.15, 0.2) is 0 Å². The second-order valence-electron chi connectivity index (χ2n) is 3.40. The van der Waals surface area contributed by atoms with Crippen LogP contribution in [0.25, 0.3) is 0 Å². The van der Waals surface area contributed by atoms with Crippen LogP contribution in [0.2, 0.25) is 0 Å². The van der Waals surface area contributed by atoms with Crippen LogP contribution in [-0.4, -0.2) is 12.5 Å². The van der Waals surface area contributed by atoms with Crippen molar-refractivity contribution in [3.8, 4) is 5.75 Å². The van der Waals surface area contributed by atoms with Crippen LogP contribution in [0, 0.1) is 0 Å². The van der Waals surface area contributed by atoms with Crippen LogP contribution in [0.4, 0.5) is 0 Å². The van der Waals surface area contributed by atoms with Gasteiger partial charge in [-0.3, -0.25) is 4.79 Å². The number of carbonyl (C=O) groups excluding carboxylic acids is 1. The molecule has 0 aliphatic heterocycles. The highest BCUT2D eigenvalue weighted by molar-refractivity contribution is 5.85. The summed E-state index contributed by atoms with van der Waals surface area (Å²) in [6, 6.07) is 7.46. The fourth-order valence-electron chi connectivity index (χ4n) is 1.09. The first-order valence-electron chi connectivity index (χ1n) is 4.64. The molecule has 0 spiro atoms. The lowest BCUT2D eigenvalue weighted by Crippen LogP contribution is -2.19. The Morgan fingerprint density at radius 2 is 1.87 bits per heavy atom. The summed E-state index contributed by atoms with van der Waals surface area (Å²) in [6.45, 7) is 4.13. The Labute approximate surface area is 96.0 Å². The Hall–Kier alpha value is -1.06. The van der Waals surface area contributed by atoms with Gasteiger partial charge in [0, 0.05) is 0 Å². The molecule has 0 heterocycles. The van der Waals surface area contributed by atoms with Gasteiger partial charge >= 0.3 is 5.97 Å². The van der Waals surface area contributed by atoms with Gasteiger partial charge in [-0.1, -0.05) is 26.0 Å². The third-order valence-corrected chi connectivity index (χ3v) is 1.95. The average Bonchev–Trinajstić information content (AvgIpc) is 2.18. The van der Waals surface area contributed by atoms with Crippen molar-refractivity contribution in [1.29, 1.82) is 0 Å². The molecule has 1 aromatic carbocycles. The number of hydrogen-bond acceptors (Lipinski definition) is 3. The number of rotatable bonds is 3. The van der Waals surface area contributed by atoms with Gasteiger partial charge in [-0.2, -0.15) is 0 Å². The highest BCUT2D eigenvalue weighted by atomic mass is 35.5. The van der Waals surface area contributed by atoms with Crippen molar-refractivity contribution in [2.24, 2.45) is 5.73 Å². The molecular weight excluding hydrogens is 214 g/mol. The van der Waals surface area contributed by atoms with E-state index in [1.54, 1.807) is 12.1 Å². The van der Waals surface area contributed by atoms with Crippen molar-refractivity contribution in [1.82, 2.24) is 0 Å². The fourth-order valence-corrected chi connectivity index (χ4v) is 1.09. The van der Waals surface area contributed by atoms with Crippen molar-refractivity contribution in [3.63, 3.8) is 0 Å². The standard InChI is InChI=1S/C11H15NO2.ClH/c1-8(2)9-3-5-10(6-4-9)14-11(13)7-12;/h3-6,8H,7,12H2,1-2H3;1H. The zero-order valence-corrected chi connectivity index (χ0v) is 9.71. The normalized spacial score (nSPS) is 9.60. The molecule has 0 aliphatic carbocycles. The fraction of sp³-hybridized carbons (Fsp3) is 0.364. The summed E-state index contributed by atoms with van der Waals surface area (Å²) < 4.78 is 4.93. The van der Waals surface area contributed by atoms with Crippen LogP contribution < -0.4 is 10.5 Å². The summed E-state index contributed by atoms with van der Waals surface area (Å²) in [4.78, 5) is 10.9. The smallest absolute Gasteiger partial charge is 0.325 e. The van der Waals surface area contributed by atoms with E-state index in [0.29, 0.717) is 11.7 Å². The van der Waals surface area contributed by atoms with Crippen LogP contribution >= 0.6 is 12.4 Å². The Bertz CT molecular complexity index is 309. The first kappa shape index (κ1) is 13.9. The molecule has 0 amide bonds. The quantitative estimate of drug-likeness (QED) is 0.638. The predicted molar refractivity (Wildman–Crippen MR) is 62.5 cm³/mol. The molecule has 4 heteroatoms. The third kappa shape index (κ3) is 4.32. The number of ether oxygens (including phenoxy) is 1. The average molecular weight is 230 g/mol. The molecule has 0 unspecified atom stereocenters. The Kier molecular flexibility index (Phi) is 5.97. The lowest BCUT2D eigenvalue weighted by molar-refractivity contribution is -0.132. The lowest BCUT2D eigenvalue weighted by atomic mass is 10.0. The van der Waals surface area contributed by atoms with Crippen LogP contribution in [0.5, 0.6) is 5.75 Å². The highest BCUT2D eigenvalue weighted by Crippen LogP contribution is 2.18. The molecule has 2 N–H and O–H groups in total. The SMILES string of the molecule is CC(C)c1ccc(OC(=O)CN)cc1.Cl. The summed E-state index contributed by atoms with van der Waals surface area (Å²) in [5.74, 6) is 0.612. The van der Waals surface area contributed by atoms with Gasteiger partial charge in [-0.05, 0) is 23.6 Å². The molecule has 0 bridgehead atoms. The molecule has 84 valence electrons. The molecular formula is C11H16ClNO2. The predicted octanol–water partition coefficient (Wildman–Crippen LogP) is 2.10. The molecule has 0 atom stereocenters. The number of benzene rings is 1. The number of nitrogens with two attached hydrogens (primary N) is 1. The minimum atomic E-state index is -0.415. The van der Waals surface area contributed by atoms with E-state index in [2.05, 4.69) is 13.8 Å². The second kappa shape index (κ2) is 6.43. The van der Waals surface area contributed by atoms with Crippen molar-refractivity contribution < 1.29 is 9.53 Å². The van der Waals surface area contributed by atoms with Crippen molar-refractivity contribution in [2.45, 2.75) is 19.8 Å². The van der Waals surface area contributed by atoms with Crippen LogP contribution in [0.3, 0.4) is 0 Å². The number of hydrogen-bond donors (Lipinski definition) is 1. The van der Waals surface area contributed by atoms with Crippen molar-refractivity contribution in [3.05, 3.63) is 29.8 Å². The van der Waals surface area contributed by atoms with E-state index in [9.17, 15) is 4.79 Å². The number of carbonyl (C=O) groups is 1. The van der Waals surface area contributed by atoms with E-state index in [-0.39, 0.29) is 19.0 Å². The van der Waals surface area contributed by atoms with Gasteiger partial charge in [-0.15, -0.1) is 12.4 Å². The van der Waals surface area contributed by atoms with Gasteiger partial charge in [-0.25, -0.2) is 0 Å². The second-order valence-corrected chi connectivity index (χ2v) is 3.40. The maximum absolute atomic E-state index is 10.9. The molecule has 3 nitrogen and oxygen atoms in total. The molecule has 0 fully saturated rings. The van der Waals surface area contributed by atoms with E-state index >= 15 is 0 Å². The van der Waals surface area contributed by atoms with Crippen molar-refractivity contribution >= 4 is 18.4 Å². The first-order valence-corrected chi connectivity index (χ1v) is 4.64. The largest absolute Gasteiger partial charge is 0.426 e. The monoisotopic (exact) mass is 229 g/mol. The van der Waals surface area contributed by atoms with E-state index < -0.39 is 5.97 Å². The van der Waals surface area contributed by atoms with E-state index in [0.717, 1.165) is 0 Å². The van der Waals surface area contributed by atoms with E-state index in [1.807, 2.05) is 12.1 Å². The molecule has 0 aliphatic rings. The molecule has 0 saturated carbocycles. The van der Waals surface area contributed by atoms with Gasteiger partial charge in [0.05, 0.1) is 6.54 Å². The lowest BCUT2D eigenvalue weighted by Gasteiger charge is -2.06. The molecule has 1 aromatic rings. The molecule has 1 rings (SSSR count). The molecule has 0 saturated heterocycles. The summed E-state index contributed by atoms with van der Waals surface area (Å²) >= 11 is 0. The maximum atomic E-state index is 10.9. The topological polar surface area (TPSA) is 52.3 Å². The zero-order valence-electron chi connectivity index (χ0n) is 8.90. The maximum Gasteiger partial charge on any atom is 0.325 e. The minimum Gasteiger partial charge on any atom is -0.426 e. The highest BCUT2D eigenvalue weighted by Gasteiger charge is 2.02. The van der Waals surface area contributed by atoms with Crippen LogP contribution in [0.1, 0.15) is 25.3 Å². The zero-order chi connectivity index (χ0) is 10.6. The van der Waals surface area contributed by atoms with E-state index in [4.69, 9.17) is 10.5 Å². The summed E-state index contributed by atoms with van der Waals surface area (Å²) in [5.41, 5.74) is 6.34. The summed E-state index contributed by atoms with van der Waals surface area (Å²) in [5, 5.41) is 0. The van der Waals surface area contributed by atoms with Crippen LogP contribution in [0.15, 0.2) is 24.3 Å². The number of halogens is 1. The van der Waals surface area contributed by atoms with Gasteiger partial charge in [0.1, 0.15) is 5.75 Å². The summed E-state index contributed by atoms with van der Waals surface area (Å²) in [6.07, 6.45) is 0. The van der Waals surface area contributed by atoms with Crippen LogP contribution in [-0.2, 0) is 4.79 Å². The molecule has 0 aromatic heterocycles. The third-order valence-electron chi connectivity index (χ3n) is 1.95. The first-order chi connectivity index (χ1) is 6.63. The Balaban J connectivity index is 0.00000196.